The topological polar surface area (TPSA) is 133 Å². The van der Waals surface area contributed by atoms with E-state index in [1.807, 2.05) is 29.2 Å². The van der Waals surface area contributed by atoms with E-state index in [0.29, 0.717) is 43.6 Å². The van der Waals surface area contributed by atoms with Crippen LogP contribution >= 0.6 is 0 Å². The molecule has 0 bridgehead atoms. The van der Waals surface area contributed by atoms with Crippen molar-refractivity contribution in [3.05, 3.63) is 89.6 Å². The lowest BCUT2D eigenvalue weighted by Crippen LogP contribution is -2.23. The van der Waals surface area contributed by atoms with Crippen molar-refractivity contribution in [1.29, 1.82) is 0 Å². The van der Waals surface area contributed by atoms with Gasteiger partial charge in [-0.15, -0.1) is 0 Å². The Morgan fingerprint density at radius 3 is 2.70 bits per heavy atom. The number of aliphatic hydroxyl groups excluding tert-OH is 1. The Balaban J connectivity index is 0.999. The van der Waals surface area contributed by atoms with Gasteiger partial charge in [-0.2, -0.15) is 4.98 Å². The molecule has 1 aliphatic carbocycles. The van der Waals surface area contributed by atoms with E-state index in [-0.39, 0.29) is 4.90 Å². The molecule has 1 fully saturated rings. The van der Waals surface area contributed by atoms with Crippen LogP contribution in [0.1, 0.15) is 67.2 Å². The fourth-order valence-electron chi connectivity index (χ4n) is 6.17. The molecule has 44 heavy (non-hydrogen) atoms. The van der Waals surface area contributed by atoms with E-state index in [1.54, 1.807) is 42.7 Å². The van der Waals surface area contributed by atoms with Gasteiger partial charge in [0, 0.05) is 48.8 Å². The quantitative estimate of drug-likeness (QED) is 0.161. The highest BCUT2D eigenvalue weighted by Gasteiger charge is 2.27. The van der Waals surface area contributed by atoms with Crippen LogP contribution in [0, 0.1) is 5.92 Å². The maximum absolute atomic E-state index is 13.2. The zero-order valence-corrected chi connectivity index (χ0v) is 25.7. The third-order valence-corrected chi connectivity index (χ3v) is 10.0. The highest BCUT2D eigenvalue weighted by atomic mass is 32.2. The maximum atomic E-state index is 13.2. The fourth-order valence-corrected chi connectivity index (χ4v) is 7.28. The number of nitrogens with one attached hydrogen (secondary N) is 2. The van der Waals surface area contributed by atoms with Gasteiger partial charge in [0.05, 0.1) is 11.0 Å². The third-order valence-electron chi connectivity index (χ3n) is 8.64. The summed E-state index contributed by atoms with van der Waals surface area (Å²) in [6.45, 7) is 1.78. The second kappa shape index (κ2) is 13.9. The number of aryl methyl sites for hydroxylation is 1. The Morgan fingerprint density at radius 2 is 1.91 bits per heavy atom. The summed E-state index contributed by atoms with van der Waals surface area (Å²) in [5.74, 6) is 2.05. The zero-order chi connectivity index (χ0) is 30.4. The van der Waals surface area contributed by atoms with Crippen LogP contribution in [0.25, 0.3) is 0 Å². The second-order valence-electron chi connectivity index (χ2n) is 11.8. The van der Waals surface area contributed by atoms with E-state index >= 15 is 0 Å². The molecule has 3 N–H and O–H groups in total. The molecule has 11 heteroatoms. The van der Waals surface area contributed by atoms with Gasteiger partial charge in [0.25, 0.3) is 16.0 Å². The Morgan fingerprint density at radius 1 is 1.07 bits per heavy atom. The fraction of sp³-hybridized carbons (Fsp3) is 0.424. The monoisotopic (exact) mass is 616 g/mol. The molecule has 0 spiro atoms. The van der Waals surface area contributed by atoms with Crippen LogP contribution in [0.3, 0.4) is 0 Å². The highest BCUT2D eigenvalue weighted by molar-refractivity contribution is 7.92. The predicted molar refractivity (Wildman–Crippen MR) is 169 cm³/mol. The minimum absolute atomic E-state index is 0.222. The molecule has 3 heterocycles. The van der Waals surface area contributed by atoms with Crippen molar-refractivity contribution in [1.82, 2.24) is 20.4 Å². The molecule has 232 valence electrons. The summed E-state index contributed by atoms with van der Waals surface area (Å²) in [5, 5.41) is 17.7. The van der Waals surface area contributed by atoms with E-state index in [9.17, 15) is 13.5 Å². The van der Waals surface area contributed by atoms with Crippen LogP contribution < -0.4 is 14.9 Å². The van der Waals surface area contributed by atoms with Crippen molar-refractivity contribution in [2.24, 2.45) is 5.92 Å². The normalized spacial score (nSPS) is 15.9. The average Bonchev–Trinajstić information content (AvgIpc) is 3.82. The Labute approximate surface area is 259 Å². The summed E-state index contributed by atoms with van der Waals surface area (Å²) in [5.41, 5.74) is 4.19. The number of benzene rings is 2. The summed E-state index contributed by atoms with van der Waals surface area (Å²) >= 11 is 0. The first-order valence-electron chi connectivity index (χ1n) is 15.6. The summed E-state index contributed by atoms with van der Waals surface area (Å²) in [4.78, 5) is 10.9. The number of rotatable bonds is 14. The standard InChI is InChI=1S/C33H40N6O4S/c40-31(27-8-4-18-34-22-27)23-35-19-16-25-10-12-28(13-11-25)38-44(41,42)29-14-15-30-26(21-29)17-20-39(30)33-36-32(43-37-33)9-3-7-24-5-1-2-6-24/h4,8,10-15,18,21-22,24,31,35,38,40H,1-3,5-7,9,16-17,19-20,23H2. The minimum Gasteiger partial charge on any atom is -0.387 e. The molecule has 2 aliphatic rings. The van der Waals surface area contributed by atoms with E-state index in [0.717, 1.165) is 47.6 Å². The molecular weight excluding hydrogens is 576 g/mol. The number of aromatic nitrogens is 3. The Hall–Kier alpha value is -3.80. The first-order valence-corrected chi connectivity index (χ1v) is 17.1. The predicted octanol–water partition coefficient (Wildman–Crippen LogP) is 5.34. The SMILES string of the molecule is O=S(=O)(Nc1ccc(CCNCC(O)c2cccnc2)cc1)c1ccc2c(c1)CCN2c1noc(CCCC2CCCC2)n1. The lowest BCUT2D eigenvalue weighted by Gasteiger charge is -2.15. The van der Waals surface area contributed by atoms with Gasteiger partial charge in [0.15, 0.2) is 0 Å². The molecular formula is C33H40N6O4S. The van der Waals surface area contributed by atoms with Crippen molar-refractivity contribution in [2.45, 2.75) is 68.8 Å². The third kappa shape index (κ3) is 7.46. The highest BCUT2D eigenvalue weighted by Crippen LogP contribution is 2.35. The van der Waals surface area contributed by atoms with E-state index in [2.05, 4.69) is 25.2 Å². The van der Waals surface area contributed by atoms with Gasteiger partial charge < -0.3 is 19.8 Å². The number of sulfonamides is 1. The Bertz CT molecular complexity index is 1620. The molecule has 2 aromatic heterocycles. The van der Waals surface area contributed by atoms with Crippen LogP contribution in [0.4, 0.5) is 17.3 Å². The molecule has 2 aromatic carbocycles. The van der Waals surface area contributed by atoms with Gasteiger partial charge >= 0.3 is 0 Å². The number of nitrogens with zero attached hydrogens (tertiary/aromatic N) is 4. The summed E-state index contributed by atoms with van der Waals surface area (Å²) in [6.07, 6.45) is 12.7. The van der Waals surface area contributed by atoms with Gasteiger partial charge in [-0.3, -0.25) is 9.71 Å². The van der Waals surface area contributed by atoms with Gasteiger partial charge in [0.1, 0.15) is 0 Å². The molecule has 0 radical (unpaired) electrons. The Kier molecular flexibility index (Phi) is 9.54. The molecule has 0 amide bonds. The van der Waals surface area contributed by atoms with Crippen LogP contribution in [-0.4, -0.2) is 48.3 Å². The zero-order valence-electron chi connectivity index (χ0n) is 24.9. The van der Waals surface area contributed by atoms with Crippen molar-refractivity contribution in [3.8, 4) is 0 Å². The van der Waals surface area contributed by atoms with Crippen molar-refractivity contribution in [3.63, 3.8) is 0 Å². The summed E-state index contributed by atoms with van der Waals surface area (Å²) < 4.78 is 34.7. The van der Waals surface area contributed by atoms with Crippen molar-refractivity contribution >= 4 is 27.3 Å². The lowest BCUT2D eigenvalue weighted by molar-refractivity contribution is 0.174. The van der Waals surface area contributed by atoms with Crippen LogP contribution in [0.2, 0.25) is 0 Å². The van der Waals surface area contributed by atoms with E-state index in [1.165, 1.54) is 32.1 Å². The maximum Gasteiger partial charge on any atom is 0.270 e. The molecule has 1 unspecified atom stereocenters. The average molecular weight is 617 g/mol. The number of hydrogen-bond donors (Lipinski definition) is 3. The van der Waals surface area contributed by atoms with E-state index < -0.39 is 16.1 Å². The van der Waals surface area contributed by atoms with Gasteiger partial charge in [-0.25, -0.2) is 8.42 Å². The smallest absolute Gasteiger partial charge is 0.270 e. The van der Waals surface area contributed by atoms with Crippen LogP contribution in [0.5, 0.6) is 0 Å². The molecule has 4 aromatic rings. The second-order valence-corrected chi connectivity index (χ2v) is 13.5. The first kappa shape index (κ1) is 30.2. The largest absolute Gasteiger partial charge is 0.387 e. The van der Waals surface area contributed by atoms with Crippen molar-refractivity contribution in [2.75, 3.05) is 29.3 Å². The summed E-state index contributed by atoms with van der Waals surface area (Å²) in [7, 11) is -3.76. The number of fused-ring (bicyclic) bond motifs is 1. The number of aliphatic hydroxyl groups is 1. The lowest BCUT2D eigenvalue weighted by atomic mass is 10.0. The molecule has 1 atom stereocenters. The first-order chi connectivity index (χ1) is 21.4. The summed E-state index contributed by atoms with van der Waals surface area (Å²) in [6, 6.07) is 16.2. The number of hydrogen-bond acceptors (Lipinski definition) is 9. The minimum atomic E-state index is -3.76. The molecule has 1 aliphatic heterocycles. The van der Waals surface area contributed by atoms with Gasteiger partial charge in [0.2, 0.25) is 5.89 Å². The van der Waals surface area contributed by atoms with Crippen LogP contribution in [-0.2, 0) is 29.3 Å². The number of pyridine rings is 1. The molecule has 0 saturated heterocycles. The molecule has 6 rings (SSSR count). The van der Waals surface area contributed by atoms with Crippen molar-refractivity contribution < 1.29 is 18.0 Å². The van der Waals surface area contributed by atoms with Crippen LogP contribution in [0.15, 0.2) is 76.4 Å². The van der Waals surface area contributed by atoms with E-state index in [4.69, 9.17) is 4.52 Å². The van der Waals surface area contributed by atoms with Gasteiger partial charge in [-0.1, -0.05) is 43.9 Å². The number of anilines is 3. The van der Waals surface area contributed by atoms with Gasteiger partial charge in [-0.05, 0) is 90.8 Å². The molecule has 1 saturated carbocycles. The molecule has 10 nitrogen and oxygen atoms in total.